The van der Waals surface area contributed by atoms with Crippen molar-refractivity contribution in [1.82, 2.24) is 4.90 Å². The van der Waals surface area contributed by atoms with Gasteiger partial charge in [-0.2, -0.15) is 13.5 Å². The van der Waals surface area contributed by atoms with Gasteiger partial charge < -0.3 is 9.84 Å². The van der Waals surface area contributed by atoms with E-state index in [9.17, 15) is 9.90 Å². The van der Waals surface area contributed by atoms with Crippen molar-refractivity contribution in [2.24, 2.45) is 0 Å². The second-order valence-corrected chi connectivity index (χ2v) is 4.57. The van der Waals surface area contributed by atoms with Gasteiger partial charge in [0, 0.05) is 12.1 Å². The quantitative estimate of drug-likeness (QED) is 0.758. The van der Waals surface area contributed by atoms with Gasteiger partial charge in [-0.15, -0.1) is 0 Å². The van der Waals surface area contributed by atoms with Gasteiger partial charge in [0.15, 0.2) is 0 Å². The summed E-state index contributed by atoms with van der Waals surface area (Å²) in [6, 6.07) is -0.215. The van der Waals surface area contributed by atoms with Crippen molar-refractivity contribution < 1.29 is 14.6 Å². The molecule has 0 bridgehead atoms. The summed E-state index contributed by atoms with van der Waals surface area (Å²) in [7, 11) is 0. The molecule has 0 fully saturated rings. The molecule has 0 aromatic carbocycles. The van der Waals surface area contributed by atoms with E-state index in [4.69, 9.17) is 4.74 Å². The summed E-state index contributed by atoms with van der Waals surface area (Å²) in [6.45, 7) is 11.8. The SMILES string of the molecule is C.CCOC(=O)[C@@H]([C@H](C)O)N(C(C)C)C(C)C.S. The maximum Gasteiger partial charge on any atom is 0.326 e. The normalized spacial score (nSPS) is 13.9. The molecule has 0 aromatic rings. The van der Waals surface area contributed by atoms with Crippen molar-refractivity contribution in [1.29, 1.82) is 0 Å². The van der Waals surface area contributed by atoms with Crippen LogP contribution in [-0.4, -0.2) is 46.8 Å². The summed E-state index contributed by atoms with van der Waals surface area (Å²) < 4.78 is 5.01. The number of aliphatic hydroxyl groups excluding tert-OH is 1. The molecule has 0 unspecified atom stereocenters. The fraction of sp³-hybridized carbons (Fsp3) is 0.923. The average molecular weight is 281 g/mol. The van der Waals surface area contributed by atoms with Crippen LogP contribution in [0, 0.1) is 0 Å². The third kappa shape index (κ3) is 6.61. The highest BCUT2D eigenvalue weighted by molar-refractivity contribution is 7.59. The molecule has 2 atom stereocenters. The molecular formula is C13H31NO3S. The molecule has 0 heterocycles. The molecule has 1 N–H and O–H groups in total. The summed E-state index contributed by atoms with van der Waals surface area (Å²) in [6.07, 6.45) is -0.733. The molecule has 0 aliphatic carbocycles. The smallest absolute Gasteiger partial charge is 0.326 e. The van der Waals surface area contributed by atoms with E-state index in [1.165, 1.54) is 0 Å². The molecule has 0 aliphatic heterocycles. The Balaban J connectivity index is -0.00000112. The van der Waals surface area contributed by atoms with Crippen LogP contribution in [0.3, 0.4) is 0 Å². The second-order valence-electron chi connectivity index (χ2n) is 4.57. The Kier molecular flexibility index (Phi) is 13.5. The molecule has 0 spiro atoms. The van der Waals surface area contributed by atoms with Crippen LogP contribution in [0.25, 0.3) is 0 Å². The van der Waals surface area contributed by atoms with E-state index < -0.39 is 12.1 Å². The lowest BCUT2D eigenvalue weighted by molar-refractivity contribution is -0.156. The van der Waals surface area contributed by atoms with E-state index in [0.29, 0.717) is 6.61 Å². The third-order valence-corrected chi connectivity index (χ3v) is 2.50. The number of carbonyl (C=O) groups is 1. The van der Waals surface area contributed by atoms with Gasteiger partial charge in [-0.3, -0.25) is 9.69 Å². The molecule has 5 heteroatoms. The highest BCUT2D eigenvalue weighted by atomic mass is 32.1. The van der Waals surface area contributed by atoms with Crippen LogP contribution >= 0.6 is 13.5 Å². The van der Waals surface area contributed by atoms with Gasteiger partial charge in [-0.05, 0) is 41.5 Å². The van der Waals surface area contributed by atoms with Gasteiger partial charge in [0.25, 0.3) is 0 Å². The topological polar surface area (TPSA) is 49.8 Å². The molecule has 0 saturated carbocycles. The Labute approximate surface area is 119 Å². The highest BCUT2D eigenvalue weighted by Gasteiger charge is 2.34. The number of carbonyl (C=O) groups excluding carboxylic acids is 1. The van der Waals surface area contributed by atoms with Crippen LogP contribution in [0.5, 0.6) is 0 Å². The van der Waals surface area contributed by atoms with E-state index in [1.807, 2.05) is 32.6 Å². The third-order valence-electron chi connectivity index (χ3n) is 2.50. The minimum Gasteiger partial charge on any atom is -0.465 e. The van der Waals surface area contributed by atoms with E-state index in [-0.39, 0.29) is 39.0 Å². The zero-order valence-corrected chi connectivity index (χ0v) is 12.7. The molecule has 112 valence electrons. The van der Waals surface area contributed by atoms with Crippen LogP contribution in [0.2, 0.25) is 0 Å². The molecule has 0 amide bonds. The van der Waals surface area contributed by atoms with E-state index >= 15 is 0 Å². The summed E-state index contributed by atoms with van der Waals surface area (Å²) in [5.41, 5.74) is 0. The lowest BCUT2D eigenvalue weighted by Gasteiger charge is -2.37. The highest BCUT2D eigenvalue weighted by Crippen LogP contribution is 2.15. The van der Waals surface area contributed by atoms with Gasteiger partial charge in [0.2, 0.25) is 0 Å². The monoisotopic (exact) mass is 281 g/mol. The van der Waals surface area contributed by atoms with Crippen LogP contribution in [0.15, 0.2) is 0 Å². The first kappa shape index (κ1) is 22.9. The van der Waals surface area contributed by atoms with Crippen LogP contribution < -0.4 is 0 Å². The Morgan fingerprint density at radius 2 is 1.56 bits per heavy atom. The number of nitrogens with zero attached hydrogens (tertiary/aromatic N) is 1. The zero-order valence-electron chi connectivity index (χ0n) is 11.7. The Bertz CT molecular complexity index is 212. The van der Waals surface area contributed by atoms with Crippen molar-refractivity contribution in [2.75, 3.05) is 6.61 Å². The van der Waals surface area contributed by atoms with Crippen molar-refractivity contribution >= 4 is 19.5 Å². The van der Waals surface area contributed by atoms with Crippen LogP contribution in [0.1, 0.15) is 49.0 Å². The molecule has 4 nitrogen and oxygen atoms in total. The van der Waals surface area contributed by atoms with Gasteiger partial charge in [-0.1, -0.05) is 7.43 Å². The molecule has 0 radical (unpaired) electrons. The fourth-order valence-corrected chi connectivity index (χ4v) is 2.03. The first-order valence-electron chi connectivity index (χ1n) is 5.95. The minimum atomic E-state index is -0.733. The predicted molar refractivity (Wildman–Crippen MR) is 81.3 cm³/mol. The first-order chi connectivity index (χ1) is 7.32. The lowest BCUT2D eigenvalue weighted by atomic mass is 10.1. The van der Waals surface area contributed by atoms with Gasteiger partial charge in [0.1, 0.15) is 6.04 Å². The summed E-state index contributed by atoms with van der Waals surface area (Å²) in [5.74, 6) is -0.347. The van der Waals surface area contributed by atoms with Crippen LogP contribution in [0.4, 0.5) is 0 Å². The summed E-state index contributed by atoms with van der Waals surface area (Å²) >= 11 is 0. The van der Waals surface area contributed by atoms with E-state index in [1.54, 1.807) is 13.8 Å². The van der Waals surface area contributed by atoms with E-state index in [2.05, 4.69) is 0 Å². The number of esters is 1. The van der Waals surface area contributed by atoms with Gasteiger partial charge in [0.05, 0.1) is 12.7 Å². The molecular weight excluding hydrogens is 250 g/mol. The Hall–Kier alpha value is -0.260. The van der Waals surface area contributed by atoms with Crippen molar-refractivity contribution in [3.8, 4) is 0 Å². The number of hydrogen-bond acceptors (Lipinski definition) is 4. The lowest BCUT2D eigenvalue weighted by Crippen LogP contribution is -2.54. The fourth-order valence-electron chi connectivity index (χ4n) is 2.03. The van der Waals surface area contributed by atoms with E-state index in [0.717, 1.165) is 0 Å². The number of hydrogen-bond donors (Lipinski definition) is 1. The minimum absolute atomic E-state index is 0. The predicted octanol–water partition coefficient (Wildman–Crippen LogP) is 2.17. The second kappa shape index (κ2) is 10.6. The van der Waals surface area contributed by atoms with Crippen molar-refractivity contribution in [2.45, 2.75) is 73.2 Å². The molecule has 0 rings (SSSR count). The van der Waals surface area contributed by atoms with Crippen molar-refractivity contribution in [3.63, 3.8) is 0 Å². The van der Waals surface area contributed by atoms with Crippen LogP contribution in [-0.2, 0) is 9.53 Å². The number of rotatable bonds is 6. The zero-order chi connectivity index (χ0) is 12.9. The number of ether oxygens (including phenoxy) is 1. The summed E-state index contributed by atoms with van der Waals surface area (Å²) in [5, 5.41) is 9.73. The largest absolute Gasteiger partial charge is 0.465 e. The molecule has 0 saturated heterocycles. The Morgan fingerprint density at radius 3 is 1.78 bits per heavy atom. The standard InChI is InChI=1S/C12H25NO3.CH4.H2S/c1-7-16-12(15)11(10(6)14)13(8(2)3)9(4)5;;/h8-11,14H,7H2,1-6H3;1H4;1H2/t10-,11+;;/m0../s1. The van der Waals surface area contributed by atoms with Crippen molar-refractivity contribution in [3.05, 3.63) is 0 Å². The summed E-state index contributed by atoms with van der Waals surface area (Å²) in [4.78, 5) is 13.8. The Morgan fingerprint density at radius 1 is 1.17 bits per heavy atom. The van der Waals surface area contributed by atoms with Gasteiger partial charge >= 0.3 is 5.97 Å². The maximum absolute atomic E-state index is 11.8. The maximum atomic E-state index is 11.8. The van der Waals surface area contributed by atoms with Gasteiger partial charge in [-0.25, -0.2) is 0 Å². The molecule has 0 aromatic heterocycles. The number of aliphatic hydroxyl groups is 1. The first-order valence-corrected chi connectivity index (χ1v) is 5.95. The average Bonchev–Trinajstić information content (AvgIpc) is 2.11. The molecule has 18 heavy (non-hydrogen) atoms. The molecule has 0 aliphatic rings.